The Labute approximate surface area is 251 Å². The smallest absolute Gasteiger partial charge is 0.337 e. The third kappa shape index (κ3) is 4.99. The SMILES string of the molecule is Cc1cc2nc(N3CCN(c4ccc5c(cnn5C)c4)C3=O)sc2c(-c2ccc(Cl)cc2)c1[C@H](OC(C)(C)C)C(=O)O. The third-order valence-corrected chi connectivity index (χ3v) is 8.65. The van der Waals surface area contributed by atoms with Crippen LogP contribution in [0.3, 0.4) is 0 Å². The van der Waals surface area contributed by atoms with Crippen LogP contribution in [-0.2, 0) is 16.6 Å². The number of carboxylic acid groups (broad SMARTS) is 1. The molecule has 2 aromatic heterocycles. The Kier molecular flexibility index (Phi) is 6.95. The lowest BCUT2D eigenvalue weighted by Gasteiger charge is -2.28. The van der Waals surface area contributed by atoms with Crippen molar-refractivity contribution in [1.29, 1.82) is 0 Å². The Morgan fingerprint density at radius 2 is 1.81 bits per heavy atom. The highest BCUT2D eigenvalue weighted by Gasteiger charge is 2.35. The number of benzene rings is 3. The van der Waals surface area contributed by atoms with Crippen LogP contribution in [0.2, 0.25) is 5.02 Å². The fourth-order valence-corrected chi connectivity index (χ4v) is 6.69. The standard InChI is InChI=1S/C31H30ClN5O4S/c1-17-14-22-27(25(18-6-8-20(32)9-7-18)24(17)26(28(38)39)41-31(2,3)4)42-29(34-22)37-13-12-36(30(37)40)21-10-11-23-19(15-21)16-33-35(23)5/h6-11,14-16,26H,12-13H2,1-5H3,(H,38,39)/t26-/m0/s1. The summed E-state index contributed by atoms with van der Waals surface area (Å²) in [6.45, 7) is 8.35. The van der Waals surface area contributed by atoms with Crippen LogP contribution >= 0.6 is 22.9 Å². The van der Waals surface area contributed by atoms with Crippen molar-refractivity contribution in [3.05, 3.63) is 70.9 Å². The number of rotatable bonds is 6. The van der Waals surface area contributed by atoms with Gasteiger partial charge in [-0.15, -0.1) is 0 Å². The van der Waals surface area contributed by atoms with Gasteiger partial charge in [-0.05, 0) is 75.2 Å². The fraction of sp³-hybridized carbons (Fsp3) is 0.290. The van der Waals surface area contributed by atoms with Gasteiger partial charge in [-0.25, -0.2) is 14.6 Å². The van der Waals surface area contributed by atoms with Gasteiger partial charge in [0.15, 0.2) is 11.2 Å². The number of urea groups is 1. The minimum Gasteiger partial charge on any atom is -0.479 e. The Morgan fingerprint density at radius 1 is 1.10 bits per heavy atom. The zero-order valence-electron chi connectivity index (χ0n) is 23.9. The molecule has 1 saturated heterocycles. The minimum absolute atomic E-state index is 0.165. The molecule has 1 aliphatic heterocycles. The Bertz CT molecular complexity index is 1860. The van der Waals surface area contributed by atoms with E-state index in [4.69, 9.17) is 21.3 Å². The van der Waals surface area contributed by atoms with Crippen molar-refractivity contribution in [3.8, 4) is 11.1 Å². The molecular weight excluding hydrogens is 574 g/mol. The van der Waals surface area contributed by atoms with Gasteiger partial charge in [-0.3, -0.25) is 14.5 Å². The van der Waals surface area contributed by atoms with E-state index in [0.29, 0.717) is 39.9 Å². The van der Waals surface area contributed by atoms with Gasteiger partial charge in [0.25, 0.3) is 0 Å². The highest BCUT2D eigenvalue weighted by Crippen LogP contribution is 2.45. The molecule has 0 saturated carbocycles. The number of nitrogens with zero attached hydrogens (tertiary/aromatic N) is 5. The maximum atomic E-state index is 13.7. The number of carbonyl (C=O) groups is 2. The van der Waals surface area contributed by atoms with E-state index < -0.39 is 17.7 Å². The second-order valence-electron chi connectivity index (χ2n) is 11.4. The molecule has 2 amide bonds. The maximum absolute atomic E-state index is 13.7. The molecule has 11 heteroatoms. The molecule has 0 spiro atoms. The topological polar surface area (TPSA) is 101 Å². The van der Waals surface area contributed by atoms with E-state index in [2.05, 4.69) is 5.10 Å². The molecule has 9 nitrogen and oxygen atoms in total. The van der Waals surface area contributed by atoms with E-state index in [1.165, 1.54) is 11.3 Å². The molecular formula is C31H30ClN5O4S. The molecule has 1 N–H and O–H groups in total. The van der Waals surface area contributed by atoms with E-state index in [-0.39, 0.29) is 6.03 Å². The van der Waals surface area contributed by atoms with Crippen LogP contribution in [-0.4, -0.2) is 50.6 Å². The average Bonchev–Trinajstić information content (AvgIpc) is 3.63. The minimum atomic E-state index is -1.21. The monoisotopic (exact) mass is 603 g/mol. The molecule has 1 fully saturated rings. The molecule has 6 rings (SSSR count). The lowest BCUT2D eigenvalue weighted by molar-refractivity contribution is -0.160. The third-order valence-electron chi connectivity index (χ3n) is 7.29. The number of hydrogen-bond donors (Lipinski definition) is 1. The lowest BCUT2D eigenvalue weighted by atomic mass is 9.91. The number of amides is 2. The summed E-state index contributed by atoms with van der Waals surface area (Å²) in [7, 11) is 1.89. The number of carboxylic acids is 1. The highest BCUT2D eigenvalue weighted by molar-refractivity contribution is 7.23. The van der Waals surface area contributed by atoms with E-state index in [0.717, 1.165) is 32.4 Å². The number of hydrogen-bond acceptors (Lipinski definition) is 6. The summed E-state index contributed by atoms with van der Waals surface area (Å²) in [6.07, 6.45) is 0.577. The van der Waals surface area contributed by atoms with Crippen LogP contribution in [0.5, 0.6) is 0 Å². The van der Waals surface area contributed by atoms with Gasteiger partial charge in [-0.1, -0.05) is 35.1 Å². The molecule has 216 valence electrons. The van der Waals surface area contributed by atoms with E-state index >= 15 is 0 Å². The fourth-order valence-electron chi connectivity index (χ4n) is 5.42. The first-order valence-corrected chi connectivity index (χ1v) is 14.7. The summed E-state index contributed by atoms with van der Waals surface area (Å²) in [5.41, 5.74) is 4.57. The number of aryl methyl sites for hydroxylation is 2. The summed E-state index contributed by atoms with van der Waals surface area (Å²) >= 11 is 7.58. The molecule has 3 heterocycles. The second-order valence-corrected chi connectivity index (χ2v) is 12.8. The van der Waals surface area contributed by atoms with Crippen molar-refractivity contribution < 1.29 is 19.4 Å². The first-order valence-electron chi connectivity index (χ1n) is 13.5. The van der Waals surface area contributed by atoms with Crippen LogP contribution in [0.15, 0.2) is 54.7 Å². The Hall–Kier alpha value is -3.99. The lowest BCUT2D eigenvalue weighted by Crippen LogP contribution is -2.31. The summed E-state index contributed by atoms with van der Waals surface area (Å²) in [5, 5.41) is 16.7. The van der Waals surface area contributed by atoms with Gasteiger partial charge in [0.05, 0.1) is 27.5 Å². The van der Waals surface area contributed by atoms with Crippen molar-refractivity contribution in [1.82, 2.24) is 14.8 Å². The van der Waals surface area contributed by atoms with Crippen LogP contribution in [0.4, 0.5) is 15.6 Å². The summed E-state index contributed by atoms with van der Waals surface area (Å²) in [6, 6.07) is 14.9. The Balaban J connectivity index is 1.45. The van der Waals surface area contributed by atoms with Crippen LogP contribution in [0.1, 0.15) is 38.0 Å². The number of thiazole rings is 1. The van der Waals surface area contributed by atoms with Crippen molar-refractivity contribution in [2.45, 2.75) is 39.4 Å². The number of ether oxygens (including phenoxy) is 1. The summed E-state index contributed by atoms with van der Waals surface area (Å²) < 4.78 is 8.68. The van der Waals surface area contributed by atoms with Gasteiger partial charge < -0.3 is 9.84 Å². The molecule has 1 aliphatic rings. The molecule has 0 unspecified atom stereocenters. The highest BCUT2D eigenvalue weighted by atomic mass is 35.5. The van der Waals surface area contributed by atoms with Crippen molar-refractivity contribution in [2.24, 2.45) is 7.05 Å². The van der Waals surface area contributed by atoms with Gasteiger partial charge in [0, 0.05) is 47.4 Å². The number of carbonyl (C=O) groups excluding carboxylic acids is 1. The second kappa shape index (κ2) is 10.4. The first-order chi connectivity index (χ1) is 19.9. The zero-order chi connectivity index (χ0) is 29.9. The predicted octanol–water partition coefficient (Wildman–Crippen LogP) is 7.20. The Morgan fingerprint density at radius 3 is 2.50 bits per heavy atom. The quantitative estimate of drug-likeness (QED) is 0.220. The van der Waals surface area contributed by atoms with Crippen LogP contribution < -0.4 is 9.80 Å². The van der Waals surface area contributed by atoms with E-state index in [1.807, 2.05) is 71.1 Å². The van der Waals surface area contributed by atoms with Gasteiger partial charge in [-0.2, -0.15) is 5.10 Å². The largest absolute Gasteiger partial charge is 0.479 e. The van der Waals surface area contributed by atoms with Crippen molar-refractivity contribution in [3.63, 3.8) is 0 Å². The number of fused-ring (bicyclic) bond motifs is 2. The maximum Gasteiger partial charge on any atom is 0.337 e. The van der Waals surface area contributed by atoms with Crippen LogP contribution in [0.25, 0.3) is 32.2 Å². The number of anilines is 2. The molecule has 0 radical (unpaired) electrons. The molecule has 3 aromatic carbocycles. The number of aliphatic carboxylic acids is 1. The summed E-state index contributed by atoms with van der Waals surface area (Å²) in [4.78, 5) is 34.6. The zero-order valence-corrected chi connectivity index (χ0v) is 25.5. The van der Waals surface area contributed by atoms with Gasteiger partial charge in [0.2, 0.25) is 0 Å². The summed E-state index contributed by atoms with van der Waals surface area (Å²) in [5.74, 6) is -1.08. The molecule has 0 aliphatic carbocycles. The van der Waals surface area contributed by atoms with E-state index in [9.17, 15) is 14.7 Å². The molecule has 0 bridgehead atoms. The van der Waals surface area contributed by atoms with Gasteiger partial charge in [0.1, 0.15) is 0 Å². The normalized spacial score (nSPS) is 14.9. The van der Waals surface area contributed by atoms with Crippen molar-refractivity contribution in [2.75, 3.05) is 22.9 Å². The molecule has 1 atom stereocenters. The number of halogens is 1. The van der Waals surface area contributed by atoms with Gasteiger partial charge >= 0.3 is 12.0 Å². The molecule has 42 heavy (non-hydrogen) atoms. The molecule has 5 aromatic rings. The predicted molar refractivity (Wildman–Crippen MR) is 167 cm³/mol. The average molecular weight is 604 g/mol. The van der Waals surface area contributed by atoms with E-state index in [1.54, 1.807) is 32.8 Å². The van der Waals surface area contributed by atoms with Crippen molar-refractivity contribution >= 4 is 66.9 Å². The first kappa shape index (κ1) is 28.1. The van der Waals surface area contributed by atoms with Crippen LogP contribution in [0, 0.1) is 6.92 Å². The number of aromatic nitrogens is 3.